The van der Waals surface area contributed by atoms with Gasteiger partial charge in [0.15, 0.2) is 0 Å². The van der Waals surface area contributed by atoms with Crippen molar-refractivity contribution >= 4 is 5.91 Å². The van der Waals surface area contributed by atoms with E-state index in [1.165, 1.54) is 6.07 Å². The molecule has 0 spiro atoms. The molecule has 2 bridgehead atoms. The minimum absolute atomic E-state index is 0.0706. The van der Waals surface area contributed by atoms with Gasteiger partial charge in [0.1, 0.15) is 5.82 Å². The summed E-state index contributed by atoms with van der Waals surface area (Å²) in [5.74, 6) is -0.211. The van der Waals surface area contributed by atoms with E-state index in [1.54, 1.807) is 18.2 Å². The van der Waals surface area contributed by atoms with Gasteiger partial charge in [0.2, 0.25) is 5.91 Å². The van der Waals surface area contributed by atoms with Crippen LogP contribution < -0.4 is 5.32 Å². The third-order valence-corrected chi connectivity index (χ3v) is 4.24. The minimum atomic E-state index is -0.281. The normalized spacial score (nSPS) is 26.3. The predicted molar refractivity (Wildman–Crippen MR) is 71.2 cm³/mol. The van der Waals surface area contributed by atoms with Gasteiger partial charge >= 0.3 is 0 Å². The topological polar surface area (TPSA) is 32.3 Å². The number of amides is 1. The molecule has 2 heterocycles. The van der Waals surface area contributed by atoms with Gasteiger partial charge in [-0.25, -0.2) is 4.39 Å². The van der Waals surface area contributed by atoms with Gasteiger partial charge in [0, 0.05) is 18.6 Å². The Bertz CT molecular complexity index is 463. The van der Waals surface area contributed by atoms with Crippen LogP contribution in [0.3, 0.4) is 0 Å². The zero-order chi connectivity index (χ0) is 13.2. The summed E-state index contributed by atoms with van der Waals surface area (Å²) < 4.78 is 13.6. The Labute approximate surface area is 112 Å². The van der Waals surface area contributed by atoms with Crippen LogP contribution in [0.4, 0.5) is 4.39 Å². The van der Waals surface area contributed by atoms with Crippen molar-refractivity contribution in [2.45, 2.75) is 37.8 Å². The number of carbonyl (C=O) groups is 1. The van der Waals surface area contributed by atoms with Crippen LogP contribution in [0.2, 0.25) is 0 Å². The Hall–Kier alpha value is -1.42. The maximum Gasteiger partial charge on any atom is 0.227 e. The average molecular weight is 262 g/mol. The number of carbonyl (C=O) groups excluding carboxylic acids is 1. The molecule has 19 heavy (non-hydrogen) atoms. The monoisotopic (exact) mass is 262 g/mol. The molecular formula is C15H19FN2O. The fraction of sp³-hybridized carbons (Fsp3) is 0.533. The summed E-state index contributed by atoms with van der Waals surface area (Å²) >= 11 is 0. The number of halogens is 1. The number of rotatable bonds is 2. The fourth-order valence-electron chi connectivity index (χ4n) is 3.29. The second-order valence-electron chi connectivity index (χ2n) is 5.45. The highest BCUT2D eigenvalue weighted by Crippen LogP contribution is 2.28. The molecule has 1 amide bonds. The second kappa shape index (κ2) is 5.29. The number of hydrogen-bond donors (Lipinski definition) is 1. The molecule has 2 unspecified atom stereocenters. The van der Waals surface area contributed by atoms with E-state index in [4.69, 9.17) is 0 Å². The lowest BCUT2D eigenvalue weighted by Crippen LogP contribution is -2.43. The summed E-state index contributed by atoms with van der Waals surface area (Å²) in [6, 6.07) is 7.20. The van der Waals surface area contributed by atoms with E-state index >= 15 is 0 Å². The second-order valence-corrected chi connectivity index (χ2v) is 5.45. The van der Waals surface area contributed by atoms with E-state index in [9.17, 15) is 9.18 Å². The van der Waals surface area contributed by atoms with Crippen LogP contribution in [0.5, 0.6) is 0 Å². The van der Waals surface area contributed by atoms with Crippen molar-refractivity contribution < 1.29 is 9.18 Å². The lowest BCUT2D eigenvalue weighted by Gasteiger charge is -2.28. The maximum atomic E-state index is 13.6. The molecule has 2 saturated heterocycles. The van der Waals surface area contributed by atoms with E-state index in [0.717, 1.165) is 32.4 Å². The van der Waals surface area contributed by atoms with Gasteiger partial charge in [-0.3, -0.25) is 4.79 Å². The van der Waals surface area contributed by atoms with Crippen molar-refractivity contribution in [2.75, 3.05) is 13.1 Å². The Kier molecular flexibility index (Phi) is 3.51. The van der Waals surface area contributed by atoms with E-state index < -0.39 is 0 Å². The standard InChI is InChI=1S/C15H19FN2O/c16-14-4-2-1-3-11(14)9-15(19)18-12-5-6-13(18)10-17-8-7-12/h1-4,12-13,17H,5-10H2. The van der Waals surface area contributed by atoms with Crippen LogP contribution in [0.15, 0.2) is 24.3 Å². The molecule has 3 rings (SSSR count). The summed E-state index contributed by atoms with van der Waals surface area (Å²) in [7, 11) is 0. The zero-order valence-corrected chi connectivity index (χ0v) is 10.9. The Morgan fingerprint density at radius 1 is 1.26 bits per heavy atom. The maximum absolute atomic E-state index is 13.6. The number of fused-ring (bicyclic) bond motifs is 2. The van der Waals surface area contributed by atoms with Crippen molar-refractivity contribution in [3.05, 3.63) is 35.6 Å². The van der Waals surface area contributed by atoms with Crippen molar-refractivity contribution in [2.24, 2.45) is 0 Å². The van der Waals surface area contributed by atoms with Gasteiger partial charge in [-0.05, 0) is 37.4 Å². The van der Waals surface area contributed by atoms with Crippen LogP contribution in [-0.4, -0.2) is 36.0 Å². The van der Waals surface area contributed by atoms with Crippen LogP contribution in [0.1, 0.15) is 24.8 Å². The highest BCUT2D eigenvalue weighted by molar-refractivity contribution is 5.80. The van der Waals surface area contributed by atoms with Crippen LogP contribution >= 0.6 is 0 Å². The lowest BCUT2D eigenvalue weighted by atomic mass is 10.1. The average Bonchev–Trinajstić information content (AvgIpc) is 2.66. The molecule has 0 aliphatic carbocycles. The molecular weight excluding hydrogens is 243 g/mol. The number of nitrogens with zero attached hydrogens (tertiary/aromatic N) is 1. The zero-order valence-electron chi connectivity index (χ0n) is 10.9. The van der Waals surface area contributed by atoms with Crippen LogP contribution in [0, 0.1) is 5.82 Å². The van der Waals surface area contributed by atoms with Crippen molar-refractivity contribution in [1.82, 2.24) is 10.2 Å². The molecule has 3 nitrogen and oxygen atoms in total. The molecule has 2 fully saturated rings. The molecule has 0 radical (unpaired) electrons. The number of nitrogens with one attached hydrogen (secondary N) is 1. The highest BCUT2D eigenvalue weighted by Gasteiger charge is 2.37. The van der Waals surface area contributed by atoms with E-state index in [2.05, 4.69) is 5.32 Å². The SMILES string of the molecule is O=C(Cc1ccccc1F)N1C2CCNCC1CC2. The van der Waals surface area contributed by atoms with E-state index in [1.807, 2.05) is 4.90 Å². The van der Waals surface area contributed by atoms with E-state index in [0.29, 0.717) is 17.6 Å². The van der Waals surface area contributed by atoms with Gasteiger partial charge in [-0.15, -0.1) is 0 Å². The van der Waals surface area contributed by atoms with Gasteiger partial charge < -0.3 is 10.2 Å². The Morgan fingerprint density at radius 2 is 2.05 bits per heavy atom. The van der Waals surface area contributed by atoms with E-state index in [-0.39, 0.29) is 18.1 Å². The van der Waals surface area contributed by atoms with Crippen molar-refractivity contribution in [3.8, 4) is 0 Å². The third kappa shape index (κ3) is 2.50. The Balaban J connectivity index is 1.75. The molecule has 1 aromatic carbocycles. The molecule has 0 aromatic heterocycles. The summed E-state index contributed by atoms with van der Waals surface area (Å²) in [6.45, 7) is 1.85. The predicted octanol–water partition coefficient (Wildman–Crippen LogP) is 1.72. The molecule has 4 heteroatoms. The molecule has 1 aromatic rings. The highest BCUT2D eigenvalue weighted by atomic mass is 19.1. The first kappa shape index (κ1) is 12.6. The molecule has 2 aliphatic heterocycles. The van der Waals surface area contributed by atoms with Gasteiger partial charge in [-0.1, -0.05) is 18.2 Å². The smallest absolute Gasteiger partial charge is 0.227 e. The summed E-state index contributed by atoms with van der Waals surface area (Å²) in [4.78, 5) is 14.5. The fourth-order valence-corrected chi connectivity index (χ4v) is 3.29. The lowest BCUT2D eigenvalue weighted by molar-refractivity contribution is -0.133. The largest absolute Gasteiger partial charge is 0.335 e. The first-order chi connectivity index (χ1) is 9.25. The van der Waals surface area contributed by atoms with Gasteiger partial charge in [-0.2, -0.15) is 0 Å². The number of benzene rings is 1. The molecule has 2 aliphatic rings. The summed E-state index contributed by atoms with van der Waals surface area (Å²) in [5, 5.41) is 3.37. The summed E-state index contributed by atoms with van der Waals surface area (Å²) in [5.41, 5.74) is 0.504. The minimum Gasteiger partial charge on any atom is -0.335 e. The van der Waals surface area contributed by atoms with Crippen molar-refractivity contribution in [3.63, 3.8) is 0 Å². The van der Waals surface area contributed by atoms with Crippen LogP contribution in [0.25, 0.3) is 0 Å². The first-order valence-corrected chi connectivity index (χ1v) is 7.01. The van der Waals surface area contributed by atoms with Crippen LogP contribution in [-0.2, 0) is 11.2 Å². The molecule has 1 N–H and O–H groups in total. The third-order valence-electron chi connectivity index (χ3n) is 4.24. The number of hydrogen-bond acceptors (Lipinski definition) is 2. The van der Waals surface area contributed by atoms with Gasteiger partial charge in [0.05, 0.1) is 6.42 Å². The first-order valence-electron chi connectivity index (χ1n) is 7.01. The molecule has 0 saturated carbocycles. The summed E-state index contributed by atoms with van der Waals surface area (Å²) in [6.07, 6.45) is 3.36. The van der Waals surface area contributed by atoms with Gasteiger partial charge in [0.25, 0.3) is 0 Å². The van der Waals surface area contributed by atoms with Crippen molar-refractivity contribution in [1.29, 1.82) is 0 Å². The quantitative estimate of drug-likeness (QED) is 0.880. The Morgan fingerprint density at radius 3 is 2.89 bits per heavy atom. The molecule has 2 atom stereocenters. The molecule has 102 valence electrons.